The zero-order valence-electron chi connectivity index (χ0n) is 7.98. The molecule has 0 aliphatic heterocycles. The van der Waals surface area contributed by atoms with Crippen molar-refractivity contribution in [3.8, 4) is 0 Å². The molecule has 2 N–H and O–H groups in total. The Balaban J connectivity index is 2.90. The van der Waals surface area contributed by atoms with Crippen molar-refractivity contribution in [3.05, 3.63) is 30.3 Å². The van der Waals surface area contributed by atoms with Crippen molar-refractivity contribution in [2.24, 2.45) is 0 Å². The molecule has 0 aliphatic rings. The number of nitrogens with one attached hydrogen (secondary N) is 1. The molecule has 0 saturated heterocycles. The lowest BCUT2D eigenvalue weighted by atomic mass is 10.3. The maximum Gasteiger partial charge on any atom is 0.288 e. The molecule has 14 heavy (non-hydrogen) atoms. The van der Waals surface area contributed by atoms with Gasteiger partial charge in [-0.2, -0.15) is 8.42 Å². The highest BCUT2D eigenvalue weighted by atomic mass is 32.2. The summed E-state index contributed by atoms with van der Waals surface area (Å²) in [5, 5.41) is 2.70. The van der Waals surface area contributed by atoms with Crippen molar-refractivity contribution in [1.82, 2.24) is 0 Å². The Morgan fingerprint density at radius 3 is 2.29 bits per heavy atom. The fraction of sp³-hybridized carbons (Fsp3) is 0.333. The predicted octanol–water partition coefficient (Wildman–Crippen LogP) is 1.52. The normalized spacial score (nSPS) is 12.5. The molecule has 0 spiro atoms. The molecule has 0 heterocycles. The third kappa shape index (κ3) is 2.46. The summed E-state index contributed by atoms with van der Waals surface area (Å²) in [6.45, 7) is 2.78. The molecule has 0 bridgehead atoms. The summed E-state index contributed by atoms with van der Waals surface area (Å²) < 4.78 is 30.8. The number of benzene rings is 1. The number of hydrogen-bond acceptors (Lipinski definition) is 3. The smallest absolute Gasteiger partial charge is 0.288 e. The van der Waals surface area contributed by atoms with Crippen LogP contribution in [0.4, 0.5) is 5.69 Å². The van der Waals surface area contributed by atoms with Crippen LogP contribution in [0.2, 0.25) is 0 Å². The van der Waals surface area contributed by atoms with Crippen LogP contribution in [-0.2, 0) is 10.1 Å². The Morgan fingerprint density at radius 2 is 1.86 bits per heavy atom. The number of hydrogen-bond donors (Lipinski definition) is 2. The van der Waals surface area contributed by atoms with Crippen molar-refractivity contribution in [2.45, 2.75) is 18.7 Å². The molecule has 0 atom stereocenters. The van der Waals surface area contributed by atoms with Crippen LogP contribution in [0.3, 0.4) is 0 Å². The van der Waals surface area contributed by atoms with E-state index in [1.807, 2.05) is 0 Å². The number of rotatable bonds is 3. The van der Waals surface area contributed by atoms with Gasteiger partial charge in [-0.3, -0.25) is 4.55 Å². The monoisotopic (exact) mass is 214 g/mol. The van der Waals surface area contributed by atoms with Gasteiger partial charge in [-0.1, -0.05) is 12.1 Å². The van der Waals surface area contributed by atoms with Gasteiger partial charge >= 0.3 is 0 Å². The van der Waals surface area contributed by atoms with Crippen LogP contribution in [0.5, 0.6) is 0 Å². The van der Waals surface area contributed by atoms with Crippen molar-refractivity contribution in [3.63, 3.8) is 0 Å². The van der Waals surface area contributed by atoms with Crippen LogP contribution in [0.15, 0.2) is 24.3 Å². The summed E-state index contributed by atoms with van der Waals surface area (Å²) in [4.78, 5) is -1.39. The van der Waals surface area contributed by atoms with Crippen molar-refractivity contribution in [1.29, 1.82) is 0 Å². The lowest BCUT2D eigenvalue weighted by molar-refractivity contribution is 0.453. The molecule has 1 aromatic rings. The summed E-state index contributed by atoms with van der Waals surface area (Å²) in [7, 11) is -4.12. The maximum atomic E-state index is 10.9. The highest BCUT2D eigenvalue weighted by molar-refractivity contribution is 7.87. The van der Waals surface area contributed by atoms with E-state index >= 15 is 0 Å². The van der Waals surface area contributed by atoms with E-state index in [0.29, 0.717) is 5.69 Å². The van der Waals surface area contributed by atoms with E-state index in [1.54, 1.807) is 24.3 Å². The molecule has 0 fully saturated rings. The SMILES string of the molecule is CC(C)(Nc1cc[c]cc1)S(=O)(=O)O. The highest BCUT2D eigenvalue weighted by Gasteiger charge is 2.32. The summed E-state index contributed by atoms with van der Waals surface area (Å²) in [5.41, 5.74) is 0.617. The van der Waals surface area contributed by atoms with E-state index in [4.69, 9.17) is 4.55 Å². The van der Waals surface area contributed by atoms with Gasteiger partial charge < -0.3 is 5.32 Å². The van der Waals surface area contributed by atoms with E-state index in [-0.39, 0.29) is 0 Å². The Bertz CT molecular complexity index is 397. The van der Waals surface area contributed by atoms with Crippen molar-refractivity contribution < 1.29 is 13.0 Å². The second-order valence-corrected chi connectivity index (χ2v) is 5.37. The minimum absolute atomic E-state index is 0.617. The van der Waals surface area contributed by atoms with Gasteiger partial charge in [-0.15, -0.1) is 0 Å². The topological polar surface area (TPSA) is 66.4 Å². The van der Waals surface area contributed by atoms with Gasteiger partial charge in [-0.05, 0) is 32.0 Å². The summed E-state index contributed by atoms with van der Waals surface area (Å²) >= 11 is 0. The minimum Gasteiger partial charge on any atom is -0.365 e. The molecule has 77 valence electrons. The van der Waals surface area contributed by atoms with Crippen molar-refractivity contribution in [2.75, 3.05) is 5.32 Å². The number of anilines is 1. The second-order valence-electron chi connectivity index (χ2n) is 3.40. The molecule has 5 heteroatoms. The lowest BCUT2D eigenvalue weighted by Gasteiger charge is -2.23. The first-order valence-electron chi connectivity index (χ1n) is 4.04. The van der Waals surface area contributed by atoms with Gasteiger partial charge in [0.1, 0.15) is 0 Å². The standard InChI is InChI=1S/C9H12NO3S/c1-9(2,14(11,12)13)10-8-6-4-3-5-7-8/h4-7,10H,1-2H3,(H,11,12,13). The van der Waals surface area contributed by atoms with Gasteiger partial charge in [0.25, 0.3) is 10.1 Å². The molecule has 0 aromatic heterocycles. The second kappa shape index (κ2) is 3.59. The molecule has 1 aromatic carbocycles. The first kappa shape index (κ1) is 11.0. The van der Waals surface area contributed by atoms with E-state index < -0.39 is 15.0 Å². The quantitative estimate of drug-likeness (QED) is 0.749. The Hall–Kier alpha value is -1.07. The van der Waals surface area contributed by atoms with E-state index in [1.165, 1.54) is 13.8 Å². The van der Waals surface area contributed by atoms with Crippen molar-refractivity contribution >= 4 is 15.8 Å². The molecule has 4 nitrogen and oxygen atoms in total. The summed E-state index contributed by atoms with van der Waals surface area (Å²) in [6, 6.07) is 9.46. The van der Waals surface area contributed by atoms with Crippen LogP contribution < -0.4 is 5.32 Å². The Morgan fingerprint density at radius 1 is 1.36 bits per heavy atom. The summed E-state index contributed by atoms with van der Waals surface area (Å²) in [6.07, 6.45) is 0. The van der Waals surface area contributed by atoms with Crippen LogP contribution in [0, 0.1) is 6.07 Å². The predicted molar refractivity (Wildman–Crippen MR) is 54.5 cm³/mol. The Kier molecular flexibility index (Phi) is 2.82. The van der Waals surface area contributed by atoms with Crippen LogP contribution in [0.25, 0.3) is 0 Å². The largest absolute Gasteiger partial charge is 0.365 e. The molecular weight excluding hydrogens is 202 g/mol. The van der Waals surface area contributed by atoms with E-state index in [2.05, 4.69) is 11.4 Å². The maximum absolute atomic E-state index is 10.9. The molecule has 0 aliphatic carbocycles. The Labute approximate surface area is 83.7 Å². The average Bonchev–Trinajstić information content (AvgIpc) is 2.03. The first-order valence-corrected chi connectivity index (χ1v) is 5.48. The van der Waals surface area contributed by atoms with E-state index in [9.17, 15) is 8.42 Å². The molecule has 0 amide bonds. The van der Waals surface area contributed by atoms with Crippen LogP contribution in [-0.4, -0.2) is 17.8 Å². The van der Waals surface area contributed by atoms with Crippen LogP contribution in [0.1, 0.15) is 13.8 Å². The molecule has 0 unspecified atom stereocenters. The molecule has 0 saturated carbocycles. The third-order valence-corrected chi connectivity index (χ3v) is 3.20. The van der Waals surface area contributed by atoms with Gasteiger partial charge in [0.15, 0.2) is 4.87 Å². The van der Waals surface area contributed by atoms with Crippen LogP contribution >= 0.6 is 0 Å². The highest BCUT2D eigenvalue weighted by Crippen LogP contribution is 2.18. The van der Waals surface area contributed by atoms with Gasteiger partial charge in [0.05, 0.1) is 0 Å². The summed E-state index contributed by atoms with van der Waals surface area (Å²) in [5.74, 6) is 0. The van der Waals surface area contributed by atoms with Gasteiger partial charge in [0, 0.05) is 5.69 Å². The zero-order valence-corrected chi connectivity index (χ0v) is 8.80. The van der Waals surface area contributed by atoms with Gasteiger partial charge in [0.2, 0.25) is 0 Å². The molecular formula is C9H12NO3S. The third-order valence-electron chi connectivity index (χ3n) is 1.81. The first-order chi connectivity index (χ1) is 6.33. The molecule has 1 rings (SSSR count). The molecule has 1 radical (unpaired) electrons. The van der Waals surface area contributed by atoms with Gasteiger partial charge in [-0.25, -0.2) is 0 Å². The fourth-order valence-corrected chi connectivity index (χ4v) is 1.13. The lowest BCUT2D eigenvalue weighted by Crippen LogP contribution is -2.39. The fourth-order valence-electron chi connectivity index (χ4n) is 0.882. The average molecular weight is 214 g/mol. The zero-order chi connectivity index (χ0) is 10.8. The van der Waals surface area contributed by atoms with E-state index in [0.717, 1.165) is 0 Å². The minimum atomic E-state index is -4.12.